The highest BCUT2D eigenvalue weighted by atomic mass is 16.5. The predicted molar refractivity (Wildman–Crippen MR) is 58.7 cm³/mol. The molecule has 0 fully saturated rings. The Morgan fingerprint density at radius 2 is 2.14 bits per heavy atom. The van der Waals surface area contributed by atoms with Crippen molar-refractivity contribution in [2.75, 3.05) is 0 Å². The van der Waals surface area contributed by atoms with E-state index < -0.39 is 0 Å². The summed E-state index contributed by atoms with van der Waals surface area (Å²) in [6.07, 6.45) is 10.5. The number of esters is 1. The zero-order valence-electron chi connectivity index (χ0n) is 8.95. The molecule has 0 aliphatic rings. The summed E-state index contributed by atoms with van der Waals surface area (Å²) in [5.74, 6) is -0.386. The summed E-state index contributed by atoms with van der Waals surface area (Å²) in [6, 6.07) is 0. The number of carbonyl (C=O) groups excluding carboxylic acids is 1. The molecular weight excluding hydrogens is 176 g/mol. The second-order valence-electron chi connectivity index (χ2n) is 3.08. The molecular formula is C12H18O2. The van der Waals surface area contributed by atoms with E-state index in [0.717, 1.165) is 6.42 Å². The van der Waals surface area contributed by atoms with E-state index in [1.165, 1.54) is 19.1 Å². The molecule has 2 nitrogen and oxygen atoms in total. The molecule has 0 saturated heterocycles. The van der Waals surface area contributed by atoms with Crippen molar-refractivity contribution >= 4 is 5.97 Å². The van der Waals surface area contributed by atoms with E-state index in [9.17, 15) is 4.79 Å². The average molecular weight is 194 g/mol. The van der Waals surface area contributed by atoms with Crippen molar-refractivity contribution in [1.82, 2.24) is 0 Å². The molecule has 0 aromatic heterocycles. The first-order valence-electron chi connectivity index (χ1n) is 4.86. The van der Waals surface area contributed by atoms with Crippen LogP contribution in [0.5, 0.6) is 0 Å². The van der Waals surface area contributed by atoms with Crippen molar-refractivity contribution in [3.63, 3.8) is 0 Å². The number of carbonyl (C=O) groups is 1. The molecule has 0 saturated carbocycles. The van der Waals surface area contributed by atoms with Gasteiger partial charge in [-0.05, 0) is 19.4 Å². The lowest BCUT2D eigenvalue weighted by molar-refractivity contribution is -0.133. The molecule has 2 heteroatoms. The van der Waals surface area contributed by atoms with Crippen LogP contribution in [-0.2, 0) is 9.53 Å². The maximum absolute atomic E-state index is 10.9. The van der Waals surface area contributed by atoms with E-state index in [0.29, 0.717) is 5.57 Å². The van der Waals surface area contributed by atoms with Crippen LogP contribution < -0.4 is 0 Å². The number of rotatable bonds is 6. The van der Waals surface area contributed by atoms with Gasteiger partial charge in [-0.15, -0.1) is 0 Å². The average Bonchev–Trinajstić information content (AvgIpc) is 2.16. The molecule has 0 bridgehead atoms. The van der Waals surface area contributed by atoms with Gasteiger partial charge in [0, 0.05) is 5.57 Å². The molecule has 0 aromatic rings. The van der Waals surface area contributed by atoms with Gasteiger partial charge in [-0.2, -0.15) is 0 Å². The van der Waals surface area contributed by atoms with Gasteiger partial charge in [0.25, 0.3) is 0 Å². The minimum Gasteiger partial charge on any atom is -0.431 e. The van der Waals surface area contributed by atoms with Crippen molar-refractivity contribution in [3.05, 3.63) is 36.6 Å². The first-order chi connectivity index (χ1) is 6.68. The molecule has 0 aromatic carbocycles. The number of unbranched alkanes of at least 4 members (excludes halogenated alkanes) is 2. The molecule has 0 aliphatic heterocycles. The fourth-order valence-electron chi connectivity index (χ4n) is 0.744. The number of hydrogen-bond acceptors (Lipinski definition) is 2. The monoisotopic (exact) mass is 194 g/mol. The first-order valence-corrected chi connectivity index (χ1v) is 4.86. The maximum atomic E-state index is 10.9. The second kappa shape index (κ2) is 8.30. The van der Waals surface area contributed by atoms with Gasteiger partial charge in [0.1, 0.15) is 0 Å². The highest BCUT2D eigenvalue weighted by molar-refractivity contribution is 5.87. The minimum absolute atomic E-state index is 0.386. The Morgan fingerprint density at radius 1 is 1.43 bits per heavy atom. The standard InChI is InChI=1S/C12H18O2/c1-4-5-6-7-8-9-10-14-12(13)11(2)3/h7-10H,2,4-6H2,1,3H3/b8-7+,10-9+. The third-order valence-electron chi connectivity index (χ3n) is 1.57. The zero-order chi connectivity index (χ0) is 10.8. The molecule has 78 valence electrons. The van der Waals surface area contributed by atoms with Crippen LogP contribution in [0.1, 0.15) is 33.1 Å². The van der Waals surface area contributed by atoms with Crippen molar-refractivity contribution in [1.29, 1.82) is 0 Å². The summed E-state index contributed by atoms with van der Waals surface area (Å²) in [7, 11) is 0. The third-order valence-corrected chi connectivity index (χ3v) is 1.57. The van der Waals surface area contributed by atoms with E-state index in [1.54, 1.807) is 13.0 Å². The highest BCUT2D eigenvalue weighted by Crippen LogP contribution is 1.96. The van der Waals surface area contributed by atoms with Gasteiger partial charge in [-0.3, -0.25) is 0 Å². The predicted octanol–water partition coefficient (Wildman–Crippen LogP) is 3.37. The molecule has 14 heavy (non-hydrogen) atoms. The van der Waals surface area contributed by atoms with Crippen molar-refractivity contribution in [2.24, 2.45) is 0 Å². The fourth-order valence-corrected chi connectivity index (χ4v) is 0.744. The molecule has 0 heterocycles. The van der Waals surface area contributed by atoms with E-state index in [2.05, 4.69) is 19.6 Å². The van der Waals surface area contributed by atoms with Crippen molar-refractivity contribution in [3.8, 4) is 0 Å². The Kier molecular flexibility index (Phi) is 7.52. The number of allylic oxidation sites excluding steroid dienone is 3. The molecule has 0 radical (unpaired) electrons. The molecule has 0 rings (SSSR count). The summed E-state index contributed by atoms with van der Waals surface area (Å²) in [6.45, 7) is 7.24. The quantitative estimate of drug-likeness (QED) is 0.213. The first kappa shape index (κ1) is 12.7. The largest absolute Gasteiger partial charge is 0.431 e. The van der Waals surface area contributed by atoms with Gasteiger partial charge in [0.2, 0.25) is 0 Å². The smallest absolute Gasteiger partial charge is 0.337 e. The number of hydrogen-bond donors (Lipinski definition) is 0. The van der Waals surface area contributed by atoms with E-state index in [-0.39, 0.29) is 5.97 Å². The number of ether oxygens (including phenoxy) is 1. The zero-order valence-corrected chi connectivity index (χ0v) is 8.95. The molecule has 0 atom stereocenters. The normalized spacial score (nSPS) is 11.0. The lowest BCUT2D eigenvalue weighted by Gasteiger charge is -1.94. The van der Waals surface area contributed by atoms with Crippen LogP contribution >= 0.6 is 0 Å². The van der Waals surface area contributed by atoms with Crippen LogP contribution in [0.2, 0.25) is 0 Å². The lowest BCUT2D eigenvalue weighted by Crippen LogP contribution is -1.98. The van der Waals surface area contributed by atoms with Crippen molar-refractivity contribution < 1.29 is 9.53 Å². The van der Waals surface area contributed by atoms with E-state index in [1.807, 2.05) is 6.08 Å². The van der Waals surface area contributed by atoms with Crippen LogP contribution in [0.15, 0.2) is 36.6 Å². The SMILES string of the molecule is C=C(C)C(=O)O/C=C/C=C/CCCC. The minimum atomic E-state index is -0.386. The van der Waals surface area contributed by atoms with Gasteiger partial charge in [-0.1, -0.05) is 38.5 Å². The van der Waals surface area contributed by atoms with Gasteiger partial charge < -0.3 is 4.74 Å². The summed E-state index contributed by atoms with van der Waals surface area (Å²) in [5.41, 5.74) is 0.407. The summed E-state index contributed by atoms with van der Waals surface area (Å²) >= 11 is 0. The summed E-state index contributed by atoms with van der Waals surface area (Å²) < 4.78 is 4.74. The Morgan fingerprint density at radius 3 is 2.71 bits per heavy atom. The Bertz CT molecular complexity index is 237. The summed E-state index contributed by atoms with van der Waals surface area (Å²) in [4.78, 5) is 10.9. The second-order valence-corrected chi connectivity index (χ2v) is 3.08. The van der Waals surface area contributed by atoms with Gasteiger partial charge in [0.15, 0.2) is 0 Å². The Balaban J connectivity index is 3.58. The van der Waals surface area contributed by atoms with Gasteiger partial charge >= 0.3 is 5.97 Å². The van der Waals surface area contributed by atoms with Crippen LogP contribution in [0.25, 0.3) is 0 Å². The molecule has 0 aliphatic carbocycles. The van der Waals surface area contributed by atoms with Crippen LogP contribution in [0, 0.1) is 0 Å². The molecule has 0 spiro atoms. The summed E-state index contributed by atoms with van der Waals surface area (Å²) in [5, 5.41) is 0. The van der Waals surface area contributed by atoms with E-state index in [4.69, 9.17) is 4.74 Å². The molecule has 0 unspecified atom stereocenters. The van der Waals surface area contributed by atoms with E-state index >= 15 is 0 Å². The van der Waals surface area contributed by atoms with Gasteiger partial charge in [-0.25, -0.2) is 4.79 Å². The van der Waals surface area contributed by atoms with Gasteiger partial charge in [0.05, 0.1) is 6.26 Å². The topological polar surface area (TPSA) is 26.3 Å². The molecule has 0 amide bonds. The van der Waals surface area contributed by atoms with Crippen molar-refractivity contribution in [2.45, 2.75) is 33.1 Å². The highest BCUT2D eigenvalue weighted by Gasteiger charge is 1.97. The van der Waals surface area contributed by atoms with Crippen LogP contribution in [-0.4, -0.2) is 5.97 Å². The van der Waals surface area contributed by atoms with Crippen LogP contribution in [0.3, 0.4) is 0 Å². The molecule has 0 N–H and O–H groups in total. The lowest BCUT2D eigenvalue weighted by atomic mass is 10.2. The Hall–Kier alpha value is -1.31. The fraction of sp³-hybridized carbons (Fsp3) is 0.417. The maximum Gasteiger partial charge on any atom is 0.337 e. The third kappa shape index (κ3) is 7.35. The van der Waals surface area contributed by atoms with Crippen LogP contribution in [0.4, 0.5) is 0 Å². The Labute approximate surface area is 86.0 Å².